The lowest BCUT2D eigenvalue weighted by Crippen LogP contribution is -2.41. The molecule has 1 saturated heterocycles. The van der Waals surface area contributed by atoms with Crippen LogP contribution in [-0.2, 0) is 17.8 Å². The zero-order valence-electron chi connectivity index (χ0n) is 15.2. The summed E-state index contributed by atoms with van der Waals surface area (Å²) in [6.45, 7) is 2.31. The van der Waals surface area contributed by atoms with E-state index < -0.39 is 4.92 Å². The van der Waals surface area contributed by atoms with Crippen LogP contribution in [-0.4, -0.2) is 39.8 Å². The van der Waals surface area contributed by atoms with Gasteiger partial charge in [0.25, 0.3) is 5.69 Å². The molecule has 1 aliphatic heterocycles. The number of nitro benzene ring substituents is 1. The normalized spacial score (nSPS) is 17.1. The smallest absolute Gasteiger partial charge is 0.269 e. The molecule has 1 aliphatic rings. The van der Waals surface area contributed by atoms with Crippen LogP contribution in [0.15, 0.2) is 48.7 Å². The van der Waals surface area contributed by atoms with Crippen LogP contribution in [0.4, 0.5) is 5.69 Å². The molecule has 142 valence electrons. The summed E-state index contributed by atoms with van der Waals surface area (Å²) in [5.74, 6) is -0.0203. The maximum atomic E-state index is 13.1. The second kappa shape index (κ2) is 9.23. The molecule has 2 aromatic rings. The van der Waals surface area contributed by atoms with E-state index in [1.54, 1.807) is 18.3 Å². The molecular formula is C20H24N4O3. The molecule has 0 bridgehead atoms. The van der Waals surface area contributed by atoms with Crippen LogP contribution in [0.5, 0.6) is 0 Å². The molecule has 1 amide bonds. The molecule has 3 rings (SSSR count). The van der Waals surface area contributed by atoms with E-state index in [1.165, 1.54) is 12.1 Å². The van der Waals surface area contributed by atoms with E-state index in [0.717, 1.165) is 38.0 Å². The number of hydrogen-bond donors (Lipinski definition) is 1. The molecule has 1 N–H and O–H groups in total. The maximum Gasteiger partial charge on any atom is 0.269 e. The van der Waals surface area contributed by atoms with Gasteiger partial charge in [-0.2, -0.15) is 0 Å². The van der Waals surface area contributed by atoms with E-state index in [4.69, 9.17) is 0 Å². The van der Waals surface area contributed by atoms with Crippen LogP contribution in [0.3, 0.4) is 0 Å². The van der Waals surface area contributed by atoms with E-state index >= 15 is 0 Å². The molecule has 1 aromatic heterocycles. The molecule has 1 fully saturated rings. The first-order chi connectivity index (χ1) is 13.1. The molecule has 7 nitrogen and oxygen atoms in total. The van der Waals surface area contributed by atoms with Gasteiger partial charge in [0.1, 0.15) is 0 Å². The Bertz CT molecular complexity index is 774. The number of amides is 1. The Morgan fingerprint density at radius 1 is 1.22 bits per heavy atom. The monoisotopic (exact) mass is 368 g/mol. The number of rotatable bonds is 6. The fourth-order valence-corrected chi connectivity index (χ4v) is 3.46. The Hall–Kier alpha value is -2.80. The first-order valence-corrected chi connectivity index (χ1v) is 9.27. The Morgan fingerprint density at radius 3 is 2.89 bits per heavy atom. The van der Waals surface area contributed by atoms with Gasteiger partial charge in [-0.3, -0.25) is 19.9 Å². The molecule has 1 unspecified atom stereocenters. The van der Waals surface area contributed by atoms with Gasteiger partial charge in [-0.25, -0.2) is 0 Å². The van der Waals surface area contributed by atoms with Gasteiger partial charge >= 0.3 is 0 Å². The van der Waals surface area contributed by atoms with Gasteiger partial charge in [0, 0.05) is 24.4 Å². The van der Waals surface area contributed by atoms with Gasteiger partial charge in [-0.1, -0.05) is 18.2 Å². The van der Waals surface area contributed by atoms with E-state index in [-0.39, 0.29) is 24.1 Å². The lowest BCUT2D eigenvalue weighted by molar-refractivity contribution is -0.384. The van der Waals surface area contributed by atoms with Crippen molar-refractivity contribution in [1.82, 2.24) is 15.2 Å². The van der Waals surface area contributed by atoms with Crippen molar-refractivity contribution in [3.8, 4) is 0 Å². The summed E-state index contributed by atoms with van der Waals surface area (Å²) in [6.07, 6.45) is 4.74. The highest BCUT2D eigenvalue weighted by atomic mass is 16.6. The highest BCUT2D eigenvalue weighted by Gasteiger charge is 2.25. The largest absolute Gasteiger partial charge is 0.333 e. The third-order valence-corrected chi connectivity index (χ3v) is 4.84. The highest BCUT2D eigenvalue weighted by Crippen LogP contribution is 2.19. The van der Waals surface area contributed by atoms with Crippen molar-refractivity contribution in [1.29, 1.82) is 0 Å². The molecule has 0 aliphatic carbocycles. The summed E-state index contributed by atoms with van der Waals surface area (Å²) in [5, 5.41) is 14.4. The van der Waals surface area contributed by atoms with Crippen molar-refractivity contribution >= 4 is 11.6 Å². The summed E-state index contributed by atoms with van der Waals surface area (Å²) < 4.78 is 0. The van der Waals surface area contributed by atoms with Crippen molar-refractivity contribution < 1.29 is 9.72 Å². The minimum atomic E-state index is -0.434. The van der Waals surface area contributed by atoms with Crippen molar-refractivity contribution in [2.45, 2.75) is 38.3 Å². The molecule has 7 heteroatoms. The van der Waals surface area contributed by atoms with Crippen LogP contribution >= 0.6 is 0 Å². The molecular weight excluding hydrogens is 344 g/mol. The molecule has 1 atom stereocenters. The van der Waals surface area contributed by atoms with Crippen molar-refractivity contribution in [3.63, 3.8) is 0 Å². The van der Waals surface area contributed by atoms with Crippen LogP contribution < -0.4 is 5.32 Å². The van der Waals surface area contributed by atoms with E-state index in [2.05, 4.69) is 10.3 Å². The van der Waals surface area contributed by atoms with Crippen LogP contribution in [0, 0.1) is 10.1 Å². The van der Waals surface area contributed by atoms with Crippen LogP contribution in [0.25, 0.3) is 0 Å². The number of nitrogens with zero attached hydrogens (tertiary/aromatic N) is 3. The van der Waals surface area contributed by atoms with Crippen molar-refractivity contribution in [2.24, 2.45) is 0 Å². The zero-order chi connectivity index (χ0) is 19.1. The minimum Gasteiger partial charge on any atom is -0.333 e. The lowest BCUT2D eigenvalue weighted by atomic mass is 10.0. The van der Waals surface area contributed by atoms with Gasteiger partial charge in [-0.05, 0) is 50.0 Å². The Labute approximate surface area is 158 Å². The number of carbonyl (C=O) groups is 1. The molecule has 1 aromatic carbocycles. The van der Waals surface area contributed by atoms with Gasteiger partial charge in [-0.15, -0.1) is 0 Å². The molecule has 0 spiro atoms. The van der Waals surface area contributed by atoms with E-state index in [9.17, 15) is 14.9 Å². The number of pyridine rings is 1. The average Bonchev–Trinajstić information content (AvgIpc) is 2.96. The quantitative estimate of drug-likeness (QED) is 0.626. The Kier molecular flexibility index (Phi) is 6.49. The summed E-state index contributed by atoms with van der Waals surface area (Å²) in [4.78, 5) is 29.9. The highest BCUT2D eigenvalue weighted by molar-refractivity contribution is 5.79. The number of carbonyl (C=O) groups excluding carboxylic acids is 1. The number of hydrogen-bond acceptors (Lipinski definition) is 5. The van der Waals surface area contributed by atoms with Gasteiger partial charge in [0.05, 0.1) is 23.6 Å². The number of nitrogens with one attached hydrogen (secondary N) is 1. The first-order valence-electron chi connectivity index (χ1n) is 9.27. The molecule has 2 heterocycles. The number of nitro groups is 1. The predicted molar refractivity (Wildman–Crippen MR) is 102 cm³/mol. The van der Waals surface area contributed by atoms with Crippen molar-refractivity contribution in [2.75, 3.05) is 13.1 Å². The fourth-order valence-electron chi connectivity index (χ4n) is 3.46. The Balaban J connectivity index is 1.79. The third kappa shape index (κ3) is 5.34. The van der Waals surface area contributed by atoms with Crippen LogP contribution in [0.1, 0.15) is 30.5 Å². The van der Waals surface area contributed by atoms with Gasteiger partial charge in [0.2, 0.25) is 5.91 Å². The zero-order valence-corrected chi connectivity index (χ0v) is 15.2. The Morgan fingerprint density at radius 2 is 2.11 bits per heavy atom. The number of benzene rings is 1. The number of aromatic nitrogens is 1. The average molecular weight is 368 g/mol. The van der Waals surface area contributed by atoms with E-state index in [1.807, 2.05) is 23.1 Å². The molecule has 27 heavy (non-hydrogen) atoms. The molecule has 0 saturated carbocycles. The standard InChI is InChI=1S/C20H24N4O3/c25-20(14-16-5-3-7-19(13-16)24(26)27)23(15-17-6-1-2-11-22-17)18-8-4-10-21-12-9-18/h1-3,5-7,11,13,18,21H,4,8-10,12,14-15H2. The predicted octanol–water partition coefficient (Wildman–Crippen LogP) is 2.70. The topological polar surface area (TPSA) is 88.4 Å². The maximum absolute atomic E-state index is 13.1. The third-order valence-electron chi connectivity index (χ3n) is 4.84. The summed E-state index contributed by atoms with van der Waals surface area (Å²) in [5.41, 5.74) is 1.52. The first kappa shape index (κ1) is 19.0. The summed E-state index contributed by atoms with van der Waals surface area (Å²) in [6, 6.07) is 12.1. The van der Waals surface area contributed by atoms with Gasteiger partial charge < -0.3 is 10.2 Å². The van der Waals surface area contributed by atoms with Crippen molar-refractivity contribution in [3.05, 3.63) is 70.0 Å². The minimum absolute atomic E-state index is 0.00948. The van der Waals surface area contributed by atoms with Crippen LogP contribution in [0.2, 0.25) is 0 Å². The van der Waals surface area contributed by atoms with Gasteiger partial charge in [0.15, 0.2) is 0 Å². The summed E-state index contributed by atoms with van der Waals surface area (Å²) in [7, 11) is 0. The molecule has 0 radical (unpaired) electrons. The van der Waals surface area contributed by atoms with E-state index in [0.29, 0.717) is 12.1 Å². The second-order valence-electron chi connectivity index (χ2n) is 6.78. The second-order valence-corrected chi connectivity index (χ2v) is 6.78. The SMILES string of the molecule is O=C(Cc1cccc([N+](=O)[O-])c1)N(Cc1ccccn1)C1CCCNCC1. The fraction of sp³-hybridized carbons (Fsp3) is 0.400. The lowest BCUT2D eigenvalue weighted by Gasteiger charge is -2.31. The summed E-state index contributed by atoms with van der Waals surface area (Å²) >= 11 is 0. The number of non-ortho nitro benzene ring substituents is 1.